The third kappa shape index (κ3) is 11.8. The lowest BCUT2D eigenvalue weighted by Crippen LogP contribution is -2.11. The minimum absolute atomic E-state index is 0.896. The molecule has 0 fully saturated rings. The molecule has 0 nitrogen and oxygen atoms in total. The van der Waals surface area contributed by atoms with Crippen molar-refractivity contribution in [3.63, 3.8) is 0 Å². The second-order valence-electron chi connectivity index (χ2n) is 6.64. The highest BCUT2D eigenvalue weighted by Gasteiger charge is 2.15. The maximum atomic E-state index is 2.76. The van der Waals surface area contributed by atoms with Gasteiger partial charge in [0.15, 0.2) is 0 Å². The van der Waals surface area contributed by atoms with E-state index in [1.54, 1.807) is 0 Å². The minimum Gasteiger partial charge on any atom is -0.0654 e. The molecule has 0 amide bonds. The van der Waals surface area contributed by atoms with Crippen molar-refractivity contribution in [2.75, 3.05) is 0 Å². The monoisotopic (exact) mass is 281 g/mol. The van der Waals surface area contributed by atoms with Crippen LogP contribution in [0, 0.1) is 18.3 Å². The van der Waals surface area contributed by atoms with Crippen LogP contribution in [0.1, 0.15) is 111 Å². The highest BCUT2D eigenvalue weighted by atomic mass is 14.2. The van der Waals surface area contributed by atoms with Gasteiger partial charge in [0.2, 0.25) is 0 Å². The van der Waals surface area contributed by atoms with E-state index >= 15 is 0 Å². The van der Waals surface area contributed by atoms with Crippen LogP contribution in [-0.2, 0) is 0 Å². The fraction of sp³-hybridized carbons (Fsp3) is 0.950. The molecule has 0 N–H and O–H groups in total. The minimum atomic E-state index is 0.896. The normalized spacial score (nSPS) is 14.4. The molecule has 0 aromatic carbocycles. The summed E-state index contributed by atoms with van der Waals surface area (Å²) in [6.07, 6.45) is 21.1. The largest absolute Gasteiger partial charge is 0.0654 e. The van der Waals surface area contributed by atoms with Gasteiger partial charge in [0.1, 0.15) is 0 Å². The van der Waals surface area contributed by atoms with Crippen molar-refractivity contribution in [3.8, 4) is 0 Å². The van der Waals surface area contributed by atoms with Gasteiger partial charge in [-0.1, -0.05) is 111 Å². The van der Waals surface area contributed by atoms with Crippen LogP contribution < -0.4 is 0 Å². The highest BCUT2D eigenvalue weighted by molar-refractivity contribution is 4.83. The van der Waals surface area contributed by atoms with Gasteiger partial charge in [0, 0.05) is 0 Å². The first-order chi connectivity index (χ1) is 9.78. The molecule has 0 heterocycles. The summed E-state index contributed by atoms with van der Waals surface area (Å²) in [7, 11) is 0. The van der Waals surface area contributed by atoms with Gasteiger partial charge in [0.05, 0.1) is 0 Å². The molecule has 0 saturated carbocycles. The first kappa shape index (κ1) is 20.0. The van der Waals surface area contributed by atoms with Crippen molar-refractivity contribution < 1.29 is 0 Å². The second kappa shape index (κ2) is 15.4. The predicted molar refractivity (Wildman–Crippen MR) is 94.0 cm³/mol. The Labute approximate surface area is 130 Å². The predicted octanol–water partition coefficient (Wildman–Crippen LogP) is 7.57. The topological polar surface area (TPSA) is 0 Å². The van der Waals surface area contributed by atoms with E-state index in [1.807, 2.05) is 0 Å². The molecule has 0 saturated heterocycles. The summed E-state index contributed by atoms with van der Waals surface area (Å²) in [5.41, 5.74) is 0. The van der Waals surface area contributed by atoms with Gasteiger partial charge in [0.25, 0.3) is 0 Å². The molecular weight excluding hydrogens is 240 g/mol. The van der Waals surface area contributed by atoms with E-state index in [0.29, 0.717) is 0 Å². The molecule has 0 aliphatic heterocycles. The van der Waals surface area contributed by atoms with Gasteiger partial charge in [-0.25, -0.2) is 0 Å². The molecule has 0 aliphatic rings. The van der Waals surface area contributed by atoms with Gasteiger partial charge < -0.3 is 0 Å². The van der Waals surface area contributed by atoms with E-state index in [9.17, 15) is 0 Å². The number of unbranched alkanes of at least 4 members (excludes halogenated alkanes) is 5. The summed E-state index contributed by atoms with van der Waals surface area (Å²) < 4.78 is 0. The summed E-state index contributed by atoms with van der Waals surface area (Å²) in [6, 6.07) is 0. The number of hydrogen-bond donors (Lipinski definition) is 0. The summed E-state index contributed by atoms with van der Waals surface area (Å²) in [5, 5.41) is 0. The maximum absolute atomic E-state index is 2.76. The van der Waals surface area contributed by atoms with Crippen LogP contribution >= 0.6 is 0 Å². The lowest BCUT2D eigenvalue weighted by atomic mass is 9.82. The van der Waals surface area contributed by atoms with Crippen molar-refractivity contribution in [2.45, 2.75) is 111 Å². The van der Waals surface area contributed by atoms with Gasteiger partial charge in [-0.05, 0) is 18.3 Å². The van der Waals surface area contributed by atoms with E-state index in [2.05, 4.69) is 34.1 Å². The van der Waals surface area contributed by atoms with Crippen LogP contribution in [0.2, 0.25) is 0 Å². The van der Waals surface area contributed by atoms with Crippen molar-refractivity contribution in [1.29, 1.82) is 0 Å². The molecule has 0 spiro atoms. The molecule has 0 heteroatoms. The lowest BCUT2D eigenvalue weighted by molar-refractivity contribution is 0.378. The van der Waals surface area contributed by atoms with Gasteiger partial charge >= 0.3 is 0 Å². The zero-order valence-corrected chi connectivity index (χ0v) is 14.9. The SMILES string of the molecule is CCCCCCC([CH]C(CCC)CCCC)CCCC. The molecule has 0 rings (SSSR count). The maximum Gasteiger partial charge on any atom is -0.0324 e. The van der Waals surface area contributed by atoms with E-state index in [1.165, 1.54) is 83.5 Å². The smallest absolute Gasteiger partial charge is 0.0324 e. The standard InChI is InChI=1S/C20H41/c1-5-9-12-13-17-20(16-11-7-3)18-19(14-8-4)15-10-6-2/h18-20H,5-17H2,1-4H3. The van der Waals surface area contributed by atoms with Crippen molar-refractivity contribution in [2.24, 2.45) is 11.8 Å². The lowest BCUT2D eigenvalue weighted by Gasteiger charge is -2.23. The first-order valence-corrected chi connectivity index (χ1v) is 9.63. The Morgan fingerprint density at radius 3 is 1.50 bits per heavy atom. The quantitative estimate of drug-likeness (QED) is 0.271. The van der Waals surface area contributed by atoms with E-state index in [0.717, 1.165) is 11.8 Å². The fourth-order valence-corrected chi connectivity index (χ4v) is 3.20. The van der Waals surface area contributed by atoms with Crippen molar-refractivity contribution in [1.82, 2.24) is 0 Å². The number of rotatable bonds is 15. The van der Waals surface area contributed by atoms with E-state index < -0.39 is 0 Å². The zero-order valence-electron chi connectivity index (χ0n) is 14.9. The Bertz CT molecular complexity index is 173. The average Bonchev–Trinajstić information content (AvgIpc) is 2.46. The first-order valence-electron chi connectivity index (χ1n) is 9.63. The third-order valence-corrected chi connectivity index (χ3v) is 4.49. The van der Waals surface area contributed by atoms with Crippen LogP contribution in [0.5, 0.6) is 0 Å². The molecule has 2 unspecified atom stereocenters. The summed E-state index contributed by atoms with van der Waals surface area (Å²) in [6.45, 7) is 9.30. The Kier molecular flexibility index (Phi) is 15.4. The second-order valence-corrected chi connectivity index (χ2v) is 6.64. The third-order valence-electron chi connectivity index (χ3n) is 4.49. The van der Waals surface area contributed by atoms with Gasteiger partial charge in [-0.15, -0.1) is 0 Å². The van der Waals surface area contributed by atoms with Gasteiger partial charge in [-0.2, -0.15) is 0 Å². The summed E-state index contributed by atoms with van der Waals surface area (Å²) >= 11 is 0. The molecule has 0 bridgehead atoms. The molecular formula is C20H41. The molecule has 1 radical (unpaired) electrons. The van der Waals surface area contributed by atoms with Crippen LogP contribution in [0.25, 0.3) is 0 Å². The Morgan fingerprint density at radius 1 is 0.500 bits per heavy atom. The summed E-state index contributed by atoms with van der Waals surface area (Å²) in [4.78, 5) is 0. The molecule has 121 valence electrons. The van der Waals surface area contributed by atoms with Crippen molar-refractivity contribution in [3.05, 3.63) is 6.42 Å². The van der Waals surface area contributed by atoms with Crippen LogP contribution in [0.4, 0.5) is 0 Å². The molecule has 0 aromatic rings. The Hall–Kier alpha value is 0. The van der Waals surface area contributed by atoms with E-state index in [-0.39, 0.29) is 0 Å². The van der Waals surface area contributed by atoms with Crippen LogP contribution in [0.3, 0.4) is 0 Å². The fourth-order valence-electron chi connectivity index (χ4n) is 3.20. The van der Waals surface area contributed by atoms with E-state index in [4.69, 9.17) is 0 Å². The Balaban J connectivity index is 4.11. The average molecular weight is 282 g/mol. The number of hydrogen-bond acceptors (Lipinski definition) is 0. The molecule has 0 aromatic heterocycles. The molecule has 20 heavy (non-hydrogen) atoms. The van der Waals surface area contributed by atoms with Crippen LogP contribution in [-0.4, -0.2) is 0 Å². The molecule has 0 aliphatic carbocycles. The van der Waals surface area contributed by atoms with Crippen LogP contribution in [0.15, 0.2) is 0 Å². The Morgan fingerprint density at radius 2 is 1.00 bits per heavy atom. The zero-order chi connectivity index (χ0) is 15.1. The van der Waals surface area contributed by atoms with Gasteiger partial charge in [-0.3, -0.25) is 0 Å². The highest BCUT2D eigenvalue weighted by Crippen LogP contribution is 2.28. The molecule has 2 atom stereocenters. The summed E-state index contributed by atoms with van der Waals surface area (Å²) in [5.74, 6) is 1.80. The van der Waals surface area contributed by atoms with Crippen molar-refractivity contribution >= 4 is 0 Å².